The lowest BCUT2D eigenvalue weighted by atomic mass is 10.2. The average Bonchev–Trinajstić information content (AvgIpc) is 2.97. The van der Waals surface area contributed by atoms with E-state index in [1.54, 1.807) is 11.3 Å². The van der Waals surface area contributed by atoms with E-state index < -0.39 is 0 Å². The predicted molar refractivity (Wildman–Crippen MR) is 73.7 cm³/mol. The van der Waals surface area contributed by atoms with Gasteiger partial charge in [-0.1, -0.05) is 6.07 Å². The summed E-state index contributed by atoms with van der Waals surface area (Å²) in [4.78, 5) is 15.4. The Hall–Kier alpha value is -0.580. The van der Waals surface area contributed by atoms with E-state index in [2.05, 4.69) is 16.8 Å². The van der Waals surface area contributed by atoms with Gasteiger partial charge in [-0.3, -0.25) is 4.79 Å². The van der Waals surface area contributed by atoms with Crippen LogP contribution in [0.4, 0.5) is 0 Å². The summed E-state index contributed by atoms with van der Waals surface area (Å²) in [5.41, 5.74) is 0. The number of carbonyl (C=O) groups excluding carboxylic acids is 1. The van der Waals surface area contributed by atoms with E-state index in [4.69, 9.17) is 0 Å². The summed E-state index contributed by atoms with van der Waals surface area (Å²) in [6.45, 7) is 4.56. The van der Waals surface area contributed by atoms with Crippen LogP contribution in [0.2, 0.25) is 0 Å². The molecule has 0 bridgehead atoms. The molecule has 0 saturated carbocycles. The van der Waals surface area contributed by atoms with Crippen molar-refractivity contribution in [3.63, 3.8) is 0 Å². The number of likely N-dealkylation sites (N-methyl/N-ethyl adjacent to an activating group) is 1. The van der Waals surface area contributed by atoms with Gasteiger partial charge in [-0.05, 0) is 37.8 Å². The van der Waals surface area contributed by atoms with Gasteiger partial charge in [-0.15, -0.1) is 23.7 Å². The zero-order valence-corrected chi connectivity index (χ0v) is 11.6. The Labute approximate surface area is 113 Å². The predicted octanol–water partition coefficient (Wildman–Crippen LogP) is 2.27. The minimum absolute atomic E-state index is 0. The van der Waals surface area contributed by atoms with E-state index in [9.17, 15) is 4.79 Å². The number of halogens is 1. The average molecular weight is 275 g/mol. The van der Waals surface area contributed by atoms with Gasteiger partial charge in [0.1, 0.15) is 0 Å². The summed E-state index contributed by atoms with van der Waals surface area (Å²) in [6, 6.07) is 4.18. The number of carbonyl (C=O) groups is 1. The van der Waals surface area contributed by atoms with Crippen LogP contribution in [-0.4, -0.2) is 29.9 Å². The lowest BCUT2D eigenvalue weighted by molar-refractivity contribution is -0.133. The van der Waals surface area contributed by atoms with Gasteiger partial charge < -0.3 is 10.2 Å². The van der Waals surface area contributed by atoms with Crippen molar-refractivity contribution < 1.29 is 4.79 Å². The Balaban J connectivity index is 0.00000144. The van der Waals surface area contributed by atoms with Crippen LogP contribution in [0.15, 0.2) is 17.5 Å². The van der Waals surface area contributed by atoms with Crippen molar-refractivity contribution >= 4 is 29.7 Å². The Morgan fingerprint density at radius 1 is 1.65 bits per heavy atom. The minimum Gasteiger partial charge on any atom is -0.336 e. The third-order valence-electron chi connectivity index (χ3n) is 2.98. The van der Waals surface area contributed by atoms with Gasteiger partial charge in [0.05, 0.1) is 12.6 Å². The molecular formula is C12H19ClN2OS. The van der Waals surface area contributed by atoms with Crippen LogP contribution in [-0.2, 0) is 11.3 Å². The zero-order chi connectivity index (χ0) is 11.4. The number of nitrogens with one attached hydrogen (secondary N) is 1. The third-order valence-corrected chi connectivity index (χ3v) is 3.84. The second-order valence-corrected chi connectivity index (χ2v) is 5.11. The normalized spacial score (nSPS) is 18.8. The third kappa shape index (κ3) is 3.69. The fourth-order valence-electron chi connectivity index (χ4n) is 2.05. The Morgan fingerprint density at radius 3 is 3.00 bits per heavy atom. The number of thiophene rings is 1. The highest BCUT2D eigenvalue weighted by atomic mass is 35.5. The van der Waals surface area contributed by atoms with E-state index in [1.165, 1.54) is 4.88 Å². The van der Waals surface area contributed by atoms with E-state index in [0.717, 1.165) is 32.5 Å². The number of rotatable bonds is 4. The van der Waals surface area contributed by atoms with E-state index in [1.807, 2.05) is 17.9 Å². The fourth-order valence-corrected chi connectivity index (χ4v) is 2.77. The van der Waals surface area contributed by atoms with Gasteiger partial charge in [0.25, 0.3) is 0 Å². The van der Waals surface area contributed by atoms with Crippen LogP contribution in [0.25, 0.3) is 0 Å². The van der Waals surface area contributed by atoms with E-state index in [-0.39, 0.29) is 24.4 Å². The topological polar surface area (TPSA) is 32.3 Å². The Kier molecular flexibility index (Phi) is 5.95. The smallest absolute Gasteiger partial charge is 0.240 e. The van der Waals surface area contributed by atoms with Gasteiger partial charge in [0, 0.05) is 11.4 Å². The van der Waals surface area contributed by atoms with Crippen molar-refractivity contribution in [3.8, 4) is 0 Å². The molecule has 1 N–H and O–H groups in total. The maximum atomic E-state index is 12.2. The molecule has 3 nitrogen and oxygen atoms in total. The van der Waals surface area contributed by atoms with Crippen molar-refractivity contribution in [1.82, 2.24) is 10.2 Å². The van der Waals surface area contributed by atoms with Crippen LogP contribution in [0.3, 0.4) is 0 Å². The molecule has 2 heterocycles. The molecular weight excluding hydrogens is 256 g/mol. The summed E-state index contributed by atoms with van der Waals surface area (Å²) < 4.78 is 0. The molecule has 0 aliphatic carbocycles. The number of nitrogens with zero attached hydrogens (tertiary/aromatic N) is 1. The maximum Gasteiger partial charge on any atom is 0.240 e. The summed E-state index contributed by atoms with van der Waals surface area (Å²) in [7, 11) is 0. The first kappa shape index (κ1) is 14.5. The van der Waals surface area contributed by atoms with Crippen LogP contribution in [0.1, 0.15) is 24.6 Å². The quantitative estimate of drug-likeness (QED) is 0.914. The van der Waals surface area contributed by atoms with Crippen LogP contribution >= 0.6 is 23.7 Å². The number of amides is 1. The summed E-state index contributed by atoms with van der Waals surface area (Å²) in [6.07, 6.45) is 2.10. The van der Waals surface area contributed by atoms with Crippen LogP contribution in [0, 0.1) is 0 Å². The van der Waals surface area contributed by atoms with Gasteiger partial charge in [-0.25, -0.2) is 0 Å². The molecule has 5 heteroatoms. The molecule has 2 rings (SSSR count). The molecule has 17 heavy (non-hydrogen) atoms. The molecule has 1 aliphatic rings. The van der Waals surface area contributed by atoms with Gasteiger partial charge >= 0.3 is 0 Å². The van der Waals surface area contributed by atoms with Crippen molar-refractivity contribution in [1.29, 1.82) is 0 Å². The van der Waals surface area contributed by atoms with E-state index in [0.29, 0.717) is 0 Å². The Bertz CT molecular complexity index is 336. The van der Waals surface area contributed by atoms with Crippen molar-refractivity contribution in [3.05, 3.63) is 22.4 Å². The van der Waals surface area contributed by atoms with Gasteiger partial charge in [0.2, 0.25) is 5.91 Å². The van der Waals surface area contributed by atoms with Crippen LogP contribution < -0.4 is 5.32 Å². The number of hydrogen-bond donors (Lipinski definition) is 1. The summed E-state index contributed by atoms with van der Waals surface area (Å²) in [5, 5.41) is 5.32. The monoisotopic (exact) mass is 274 g/mol. The highest BCUT2D eigenvalue weighted by Crippen LogP contribution is 2.14. The fraction of sp³-hybridized carbons (Fsp3) is 0.583. The molecule has 1 aliphatic heterocycles. The molecule has 1 atom stereocenters. The first-order chi connectivity index (χ1) is 7.81. The van der Waals surface area contributed by atoms with Crippen molar-refractivity contribution in [2.45, 2.75) is 32.4 Å². The van der Waals surface area contributed by atoms with Crippen LogP contribution in [0.5, 0.6) is 0 Å². The summed E-state index contributed by atoms with van der Waals surface area (Å²) >= 11 is 1.71. The zero-order valence-electron chi connectivity index (χ0n) is 10.0. The molecule has 96 valence electrons. The highest BCUT2D eigenvalue weighted by molar-refractivity contribution is 7.09. The maximum absolute atomic E-state index is 12.2. The van der Waals surface area contributed by atoms with Gasteiger partial charge in [0.15, 0.2) is 0 Å². The molecule has 1 aromatic rings. The largest absolute Gasteiger partial charge is 0.336 e. The second-order valence-electron chi connectivity index (χ2n) is 4.08. The second kappa shape index (κ2) is 6.99. The Morgan fingerprint density at radius 2 is 2.47 bits per heavy atom. The van der Waals surface area contributed by atoms with E-state index >= 15 is 0 Å². The molecule has 0 aromatic carbocycles. The summed E-state index contributed by atoms with van der Waals surface area (Å²) in [5.74, 6) is 0.258. The molecule has 1 amide bonds. The lowest BCUT2D eigenvalue weighted by Crippen LogP contribution is -2.43. The lowest BCUT2D eigenvalue weighted by Gasteiger charge is -2.23. The molecule has 1 unspecified atom stereocenters. The molecule has 1 saturated heterocycles. The van der Waals surface area contributed by atoms with Crippen molar-refractivity contribution in [2.75, 3.05) is 13.1 Å². The standard InChI is InChI=1S/C12H18N2OS.ClH/c1-2-14(9-10-5-4-8-16-10)12(15)11-6-3-7-13-11;/h4-5,8,11,13H,2-3,6-7,9H2,1H3;1H. The molecule has 0 radical (unpaired) electrons. The first-order valence-electron chi connectivity index (χ1n) is 5.86. The molecule has 1 aromatic heterocycles. The minimum atomic E-state index is 0. The first-order valence-corrected chi connectivity index (χ1v) is 6.73. The highest BCUT2D eigenvalue weighted by Gasteiger charge is 2.26. The molecule has 0 spiro atoms. The number of hydrogen-bond acceptors (Lipinski definition) is 3. The SMILES string of the molecule is CCN(Cc1cccs1)C(=O)C1CCCN1.Cl. The van der Waals surface area contributed by atoms with Crippen molar-refractivity contribution in [2.24, 2.45) is 0 Å². The van der Waals surface area contributed by atoms with Gasteiger partial charge in [-0.2, -0.15) is 0 Å². The molecule has 1 fully saturated rings.